The Labute approximate surface area is 197 Å². The number of aryl methyl sites for hydroxylation is 1. The Kier molecular flexibility index (Phi) is 6.44. The van der Waals surface area contributed by atoms with Crippen LogP contribution in [0.25, 0.3) is 10.2 Å². The number of piperazine rings is 1. The number of hydrogen-bond donors (Lipinski definition) is 1. The van der Waals surface area contributed by atoms with Gasteiger partial charge in [-0.15, -0.1) is 11.3 Å². The summed E-state index contributed by atoms with van der Waals surface area (Å²) in [6.45, 7) is 4.90. The maximum atomic E-state index is 14.2. The molecule has 1 aromatic carbocycles. The molecular weight excluding hydrogens is 437 g/mol. The third-order valence-corrected chi connectivity index (χ3v) is 8.07. The van der Waals surface area contributed by atoms with Crippen molar-refractivity contribution in [3.8, 4) is 0 Å². The Bertz CT molecular complexity index is 1130. The second-order valence-electron chi connectivity index (χ2n) is 9.02. The zero-order valence-corrected chi connectivity index (χ0v) is 19.8. The number of fused-ring (bicyclic) bond motifs is 1. The molecule has 1 aliphatic carbocycles. The number of nitrogens with zero attached hydrogens (tertiary/aromatic N) is 4. The Hall–Kier alpha value is -2.74. The molecule has 1 aliphatic heterocycles. The van der Waals surface area contributed by atoms with Gasteiger partial charge in [0.1, 0.15) is 22.8 Å². The summed E-state index contributed by atoms with van der Waals surface area (Å²) in [7, 11) is 0. The number of para-hydroxylation sites is 1. The van der Waals surface area contributed by atoms with E-state index in [1.54, 1.807) is 12.4 Å². The van der Waals surface area contributed by atoms with Gasteiger partial charge < -0.3 is 15.1 Å². The summed E-state index contributed by atoms with van der Waals surface area (Å²) in [5.41, 5.74) is 1.60. The van der Waals surface area contributed by atoms with Crippen LogP contribution in [0.1, 0.15) is 53.8 Å². The van der Waals surface area contributed by atoms with Crippen molar-refractivity contribution in [2.75, 3.05) is 36.0 Å². The highest BCUT2D eigenvalue weighted by atomic mass is 32.1. The maximum Gasteiger partial charge on any atom is 0.261 e. The van der Waals surface area contributed by atoms with Crippen LogP contribution in [0, 0.1) is 12.7 Å². The smallest absolute Gasteiger partial charge is 0.261 e. The monoisotopic (exact) mass is 467 g/mol. The Balaban J connectivity index is 1.35. The van der Waals surface area contributed by atoms with Crippen LogP contribution in [0.4, 0.5) is 15.9 Å². The minimum atomic E-state index is -0.187. The van der Waals surface area contributed by atoms with Gasteiger partial charge in [-0.3, -0.25) is 4.79 Å². The second-order valence-corrected chi connectivity index (χ2v) is 10.0. The van der Waals surface area contributed by atoms with Crippen molar-refractivity contribution >= 4 is 39.0 Å². The van der Waals surface area contributed by atoms with Gasteiger partial charge >= 0.3 is 0 Å². The molecule has 0 spiro atoms. The number of benzene rings is 1. The molecule has 33 heavy (non-hydrogen) atoms. The highest BCUT2D eigenvalue weighted by Gasteiger charge is 2.26. The van der Waals surface area contributed by atoms with Gasteiger partial charge in [-0.25, -0.2) is 14.4 Å². The van der Waals surface area contributed by atoms with Crippen molar-refractivity contribution in [3.63, 3.8) is 0 Å². The van der Waals surface area contributed by atoms with E-state index >= 15 is 0 Å². The van der Waals surface area contributed by atoms with Crippen LogP contribution < -0.4 is 15.1 Å². The average molecular weight is 468 g/mol. The molecule has 2 aliphatic rings. The van der Waals surface area contributed by atoms with Crippen LogP contribution in [0.2, 0.25) is 0 Å². The number of carbonyl (C=O) groups is 1. The number of carbonyl (C=O) groups excluding carboxylic acids is 1. The van der Waals surface area contributed by atoms with E-state index in [4.69, 9.17) is 0 Å². The number of thiophene rings is 1. The number of amides is 1. The summed E-state index contributed by atoms with van der Waals surface area (Å²) in [6, 6.07) is 7.19. The van der Waals surface area contributed by atoms with Crippen molar-refractivity contribution < 1.29 is 9.18 Å². The summed E-state index contributed by atoms with van der Waals surface area (Å²) in [6.07, 6.45) is 8.61. The van der Waals surface area contributed by atoms with Gasteiger partial charge in [0.2, 0.25) is 0 Å². The van der Waals surface area contributed by atoms with Gasteiger partial charge in [0.05, 0.1) is 16.0 Å². The topological polar surface area (TPSA) is 61.4 Å². The molecule has 1 amide bonds. The van der Waals surface area contributed by atoms with Gasteiger partial charge in [-0.2, -0.15) is 0 Å². The molecule has 0 radical (unpaired) electrons. The lowest BCUT2D eigenvalue weighted by atomic mass is 10.1. The lowest BCUT2D eigenvalue weighted by molar-refractivity contribution is 0.0937. The van der Waals surface area contributed by atoms with Crippen LogP contribution in [-0.2, 0) is 0 Å². The third-order valence-electron chi connectivity index (χ3n) is 6.88. The van der Waals surface area contributed by atoms with Gasteiger partial charge in [-0.1, -0.05) is 37.8 Å². The van der Waals surface area contributed by atoms with Crippen molar-refractivity contribution in [2.45, 2.75) is 51.5 Å². The normalized spacial score (nSPS) is 17.9. The van der Waals surface area contributed by atoms with Crippen molar-refractivity contribution in [2.24, 2.45) is 0 Å². The standard InChI is InChI=1S/C25H30FN5OS/c1-17-21-23(31-14-12-30(13-15-31)20-11-7-6-10-19(20)26)27-16-28-25(21)33-22(17)24(32)29-18-8-4-2-3-5-9-18/h6-7,10-11,16,18H,2-5,8-9,12-15H2,1H3,(H,29,32). The molecule has 1 N–H and O–H groups in total. The molecule has 2 fully saturated rings. The zero-order valence-electron chi connectivity index (χ0n) is 19.0. The minimum Gasteiger partial charge on any atom is -0.366 e. The van der Waals surface area contributed by atoms with Crippen LogP contribution in [0.15, 0.2) is 30.6 Å². The van der Waals surface area contributed by atoms with Crippen LogP contribution in [-0.4, -0.2) is 48.1 Å². The predicted molar refractivity (Wildman–Crippen MR) is 132 cm³/mol. The van der Waals surface area contributed by atoms with E-state index in [0.717, 1.165) is 52.4 Å². The Morgan fingerprint density at radius 2 is 1.73 bits per heavy atom. The Morgan fingerprint density at radius 3 is 2.45 bits per heavy atom. The summed E-state index contributed by atoms with van der Waals surface area (Å²) in [5.74, 6) is 0.696. The lowest BCUT2D eigenvalue weighted by Crippen LogP contribution is -2.47. The molecular formula is C25H30FN5OS. The third kappa shape index (κ3) is 4.53. The zero-order chi connectivity index (χ0) is 22.8. The van der Waals surface area contributed by atoms with Crippen molar-refractivity contribution in [1.29, 1.82) is 0 Å². The van der Waals surface area contributed by atoms with Gasteiger partial charge in [0, 0.05) is 32.2 Å². The predicted octanol–water partition coefficient (Wildman–Crippen LogP) is 4.92. The summed E-state index contributed by atoms with van der Waals surface area (Å²) < 4.78 is 14.2. The van der Waals surface area contributed by atoms with E-state index < -0.39 is 0 Å². The van der Waals surface area contributed by atoms with Crippen LogP contribution in [0.3, 0.4) is 0 Å². The number of anilines is 2. The van der Waals surface area contributed by atoms with E-state index in [1.807, 2.05) is 19.1 Å². The molecule has 1 saturated heterocycles. The molecule has 3 aromatic rings. The van der Waals surface area contributed by atoms with Gasteiger partial charge in [0.15, 0.2) is 0 Å². The first-order valence-corrected chi connectivity index (χ1v) is 12.7. The number of hydrogen-bond acceptors (Lipinski definition) is 6. The molecule has 1 saturated carbocycles. The molecule has 0 atom stereocenters. The molecule has 8 heteroatoms. The highest BCUT2D eigenvalue weighted by Crippen LogP contribution is 2.35. The number of aromatic nitrogens is 2. The van der Waals surface area contributed by atoms with Crippen molar-refractivity contribution in [1.82, 2.24) is 15.3 Å². The first-order chi connectivity index (χ1) is 16.1. The van der Waals surface area contributed by atoms with Crippen LogP contribution >= 0.6 is 11.3 Å². The second kappa shape index (κ2) is 9.63. The van der Waals surface area contributed by atoms with E-state index in [2.05, 4.69) is 25.1 Å². The van der Waals surface area contributed by atoms with E-state index in [1.165, 1.54) is 43.1 Å². The van der Waals surface area contributed by atoms with Crippen molar-refractivity contribution in [3.05, 3.63) is 46.9 Å². The highest BCUT2D eigenvalue weighted by molar-refractivity contribution is 7.20. The molecule has 3 heterocycles. The number of nitrogens with one attached hydrogen (secondary N) is 1. The van der Waals surface area contributed by atoms with E-state index in [-0.39, 0.29) is 17.8 Å². The van der Waals surface area contributed by atoms with Crippen LogP contribution in [0.5, 0.6) is 0 Å². The molecule has 0 unspecified atom stereocenters. The summed E-state index contributed by atoms with van der Waals surface area (Å²) in [5, 5.41) is 4.24. The Morgan fingerprint density at radius 1 is 1.03 bits per heavy atom. The molecule has 2 aromatic heterocycles. The summed E-state index contributed by atoms with van der Waals surface area (Å²) >= 11 is 1.45. The molecule has 6 nitrogen and oxygen atoms in total. The van der Waals surface area contributed by atoms with Gasteiger partial charge in [-0.05, 0) is 37.5 Å². The fourth-order valence-corrected chi connectivity index (χ4v) is 6.10. The SMILES string of the molecule is Cc1c(C(=O)NC2CCCCCC2)sc2ncnc(N3CCN(c4ccccc4F)CC3)c12. The molecule has 5 rings (SSSR count). The lowest BCUT2D eigenvalue weighted by Gasteiger charge is -2.37. The average Bonchev–Trinajstić information content (AvgIpc) is 2.99. The number of rotatable bonds is 4. The van der Waals surface area contributed by atoms with E-state index in [0.29, 0.717) is 18.8 Å². The first kappa shape index (κ1) is 22.1. The summed E-state index contributed by atoms with van der Waals surface area (Å²) in [4.78, 5) is 28.1. The quantitative estimate of drug-likeness (QED) is 0.552. The van der Waals surface area contributed by atoms with Gasteiger partial charge in [0.25, 0.3) is 5.91 Å². The first-order valence-electron chi connectivity index (χ1n) is 11.9. The van der Waals surface area contributed by atoms with E-state index in [9.17, 15) is 9.18 Å². The number of halogens is 1. The fraction of sp³-hybridized carbons (Fsp3) is 0.480. The maximum absolute atomic E-state index is 14.2. The largest absolute Gasteiger partial charge is 0.366 e. The minimum absolute atomic E-state index is 0.0118. The molecule has 0 bridgehead atoms. The molecule has 174 valence electrons. The fourth-order valence-electron chi connectivity index (χ4n) is 5.05.